The van der Waals surface area contributed by atoms with Gasteiger partial charge in [0.25, 0.3) is 0 Å². The van der Waals surface area contributed by atoms with Gasteiger partial charge in [-0.1, -0.05) is 12.2 Å². The van der Waals surface area contributed by atoms with E-state index in [0.29, 0.717) is 9.95 Å². The molecule has 0 aromatic heterocycles. The maximum absolute atomic E-state index is 10.6. The van der Waals surface area contributed by atoms with Crippen LogP contribution < -0.4 is 5.73 Å². The molecular weight excluding hydrogens is 142 g/mol. The molecule has 2 nitrogen and oxygen atoms in total. The zero-order chi connectivity index (χ0) is 6.15. The van der Waals surface area contributed by atoms with E-state index in [2.05, 4.69) is 0 Å². The van der Waals surface area contributed by atoms with Gasteiger partial charge in [-0.05, 0) is 0 Å². The van der Waals surface area contributed by atoms with Crippen LogP contribution in [-0.4, -0.2) is 21.8 Å². The number of carbonyl (C=O) groups excluding carboxylic acids is 1. The van der Waals surface area contributed by atoms with Crippen LogP contribution in [0.3, 0.4) is 0 Å². The molecule has 0 aromatic carbocycles. The summed E-state index contributed by atoms with van der Waals surface area (Å²) in [4.78, 5) is 10.6. The van der Waals surface area contributed by atoms with Crippen molar-refractivity contribution < 1.29 is 4.79 Å². The van der Waals surface area contributed by atoms with Gasteiger partial charge in [0.15, 0.2) is 5.78 Å². The molecule has 8 heavy (non-hydrogen) atoms. The van der Waals surface area contributed by atoms with Crippen molar-refractivity contribution in [3.05, 3.63) is 0 Å². The van der Waals surface area contributed by atoms with Crippen molar-refractivity contribution in [1.29, 1.82) is 0 Å². The lowest BCUT2D eigenvalue weighted by Gasteiger charge is -1.93. The van der Waals surface area contributed by atoms with Gasteiger partial charge in [-0.25, -0.2) is 0 Å². The van der Waals surface area contributed by atoms with Gasteiger partial charge in [0.1, 0.15) is 6.04 Å². The van der Waals surface area contributed by atoms with Crippen LogP contribution in [0.2, 0.25) is 0 Å². The van der Waals surface area contributed by atoms with E-state index in [0.717, 1.165) is 0 Å². The monoisotopic (exact) mass is 147 g/mol. The Bertz CT molecular complexity index is 129. The van der Waals surface area contributed by atoms with Crippen LogP contribution >= 0.6 is 24.0 Å². The summed E-state index contributed by atoms with van der Waals surface area (Å²) in [7, 11) is 0. The van der Waals surface area contributed by atoms with Gasteiger partial charge in [-0.3, -0.25) is 4.79 Å². The predicted molar refractivity (Wildman–Crippen MR) is 38.0 cm³/mol. The first-order chi connectivity index (χ1) is 3.72. The van der Waals surface area contributed by atoms with Crippen molar-refractivity contribution in [1.82, 2.24) is 0 Å². The highest BCUT2D eigenvalue weighted by Gasteiger charge is 2.25. The number of Topliss-reactive ketones (excluding diaryl/α,β-unsaturated/α-hetero) is 1. The molecule has 1 aliphatic heterocycles. The Kier molecular flexibility index (Phi) is 1.65. The highest BCUT2D eigenvalue weighted by atomic mass is 32.2. The molecule has 0 amide bonds. The Morgan fingerprint density at radius 3 is 2.62 bits per heavy atom. The van der Waals surface area contributed by atoms with Crippen LogP contribution in [0, 0.1) is 0 Å². The fourth-order valence-corrected chi connectivity index (χ4v) is 1.54. The number of ketones is 1. The van der Waals surface area contributed by atoms with E-state index >= 15 is 0 Å². The third kappa shape index (κ3) is 0.913. The Balaban J connectivity index is 2.70. The van der Waals surface area contributed by atoms with E-state index in [4.69, 9.17) is 18.0 Å². The number of hydrogen-bond acceptors (Lipinski definition) is 4. The smallest absolute Gasteiger partial charge is 0.165 e. The summed E-state index contributed by atoms with van der Waals surface area (Å²) in [6.45, 7) is 0. The summed E-state index contributed by atoms with van der Waals surface area (Å²) in [5.74, 6) is 0.528. The minimum Gasteiger partial charge on any atom is -0.317 e. The van der Waals surface area contributed by atoms with Gasteiger partial charge in [-0.15, -0.1) is 11.8 Å². The first-order valence-electron chi connectivity index (χ1n) is 2.17. The lowest BCUT2D eigenvalue weighted by molar-refractivity contribution is -0.116. The van der Waals surface area contributed by atoms with Gasteiger partial charge in [0.05, 0.1) is 9.95 Å². The van der Waals surface area contributed by atoms with Gasteiger partial charge < -0.3 is 5.73 Å². The van der Waals surface area contributed by atoms with E-state index in [1.165, 1.54) is 11.8 Å². The lowest BCUT2D eigenvalue weighted by Crippen LogP contribution is -2.30. The average Bonchev–Trinajstić information content (AvgIpc) is 1.98. The van der Waals surface area contributed by atoms with Gasteiger partial charge >= 0.3 is 0 Å². The third-order valence-electron chi connectivity index (χ3n) is 0.958. The largest absolute Gasteiger partial charge is 0.317 e. The van der Waals surface area contributed by atoms with Crippen molar-refractivity contribution in [3.8, 4) is 0 Å². The third-order valence-corrected chi connectivity index (χ3v) is 2.53. The number of nitrogens with two attached hydrogens (primary N) is 1. The predicted octanol–water partition coefficient (Wildman–Crippen LogP) is -0.0430. The SMILES string of the molecule is N[C@@H]1C(=O)CSC1=S. The highest BCUT2D eigenvalue weighted by molar-refractivity contribution is 8.24. The van der Waals surface area contributed by atoms with E-state index in [1.54, 1.807) is 0 Å². The average molecular weight is 147 g/mol. The molecule has 4 heteroatoms. The number of hydrogen-bond donors (Lipinski definition) is 1. The molecule has 1 atom stereocenters. The Hall–Kier alpha value is 0.0700. The maximum atomic E-state index is 10.6. The summed E-state index contributed by atoms with van der Waals surface area (Å²) in [6, 6.07) is -0.463. The molecule has 1 rings (SSSR count). The lowest BCUT2D eigenvalue weighted by atomic mass is 10.3. The molecule has 0 aliphatic carbocycles. The molecule has 0 bridgehead atoms. The van der Waals surface area contributed by atoms with Crippen LogP contribution in [0.5, 0.6) is 0 Å². The fourth-order valence-electron chi connectivity index (χ4n) is 0.453. The van der Waals surface area contributed by atoms with Gasteiger partial charge in [0.2, 0.25) is 0 Å². The molecule has 1 saturated heterocycles. The van der Waals surface area contributed by atoms with Gasteiger partial charge in [0, 0.05) is 0 Å². The Labute approximate surface area is 56.8 Å². The van der Waals surface area contributed by atoms with E-state index in [1.807, 2.05) is 0 Å². The molecule has 0 saturated carbocycles. The quantitative estimate of drug-likeness (QED) is 0.488. The summed E-state index contributed by atoms with van der Waals surface area (Å²) in [5, 5.41) is 0. The van der Waals surface area contributed by atoms with Crippen molar-refractivity contribution in [2.45, 2.75) is 6.04 Å². The topological polar surface area (TPSA) is 43.1 Å². The molecule has 0 radical (unpaired) electrons. The van der Waals surface area contributed by atoms with E-state index in [-0.39, 0.29) is 5.78 Å². The standard InChI is InChI=1S/C4H5NOS2/c5-3-2(6)1-8-4(3)7/h3H,1,5H2/t3-/m1/s1. The minimum atomic E-state index is -0.463. The van der Waals surface area contributed by atoms with Crippen LogP contribution in [0.15, 0.2) is 0 Å². The molecule has 44 valence electrons. The zero-order valence-electron chi connectivity index (χ0n) is 4.09. The van der Waals surface area contributed by atoms with Crippen molar-refractivity contribution in [3.63, 3.8) is 0 Å². The molecule has 1 aliphatic rings. The normalized spacial score (nSPS) is 29.4. The number of carbonyl (C=O) groups is 1. The van der Waals surface area contributed by atoms with Crippen molar-refractivity contribution >= 4 is 34.0 Å². The summed E-state index contributed by atoms with van der Waals surface area (Å²) in [5.41, 5.74) is 5.31. The first kappa shape index (κ1) is 6.19. The van der Waals surface area contributed by atoms with Crippen LogP contribution in [0.1, 0.15) is 0 Å². The molecule has 0 aromatic rings. The summed E-state index contributed by atoms with van der Waals surface area (Å²) in [6.07, 6.45) is 0. The molecule has 0 spiro atoms. The first-order valence-corrected chi connectivity index (χ1v) is 3.56. The molecule has 0 unspecified atom stereocenters. The van der Waals surface area contributed by atoms with E-state index in [9.17, 15) is 4.79 Å². The second-order valence-electron chi connectivity index (χ2n) is 1.55. The summed E-state index contributed by atoms with van der Waals surface area (Å²) < 4.78 is 0.634. The van der Waals surface area contributed by atoms with Gasteiger partial charge in [-0.2, -0.15) is 0 Å². The molecule has 2 N–H and O–H groups in total. The Morgan fingerprint density at radius 2 is 2.50 bits per heavy atom. The second kappa shape index (κ2) is 2.13. The maximum Gasteiger partial charge on any atom is 0.165 e. The zero-order valence-corrected chi connectivity index (χ0v) is 5.72. The van der Waals surface area contributed by atoms with Crippen LogP contribution in [0.25, 0.3) is 0 Å². The molecular formula is C4H5NOS2. The van der Waals surface area contributed by atoms with Crippen LogP contribution in [-0.2, 0) is 4.79 Å². The van der Waals surface area contributed by atoms with Crippen LogP contribution in [0.4, 0.5) is 0 Å². The number of thiocarbonyl (C=S) groups is 1. The fraction of sp³-hybridized carbons (Fsp3) is 0.500. The highest BCUT2D eigenvalue weighted by Crippen LogP contribution is 2.16. The Morgan fingerprint density at radius 1 is 1.88 bits per heavy atom. The molecule has 1 fully saturated rings. The summed E-state index contributed by atoms with van der Waals surface area (Å²) >= 11 is 6.11. The number of rotatable bonds is 0. The van der Waals surface area contributed by atoms with Crippen molar-refractivity contribution in [2.75, 3.05) is 5.75 Å². The van der Waals surface area contributed by atoms with E-state index < -0.39 is 6.04 Å². The van der Waals surface area contributed by atoms with Crippen molar-refractivity contribution in [2.24, 2.45) is 5.73 Å². The second-order valence-corrected chi connectivity index (χ2v) is 3.27. The molecule has 1 heterocycles. The number of thioether (sulfide) groups is 1. The minimum absolute atomic E-state index is 0.0556.